The molecule has 206 valence electrons. The van der Waals surface area contributed by atoms with Crippen molar-refractivity contribution >= 4 is 41.0 Å². The summed E-state index contributed by atoms with van der Waals surface area (Å²) in [7, 11) is 0. The van der Waals surface area contributed by atoms with Gasteiger partial charge in [-0.15, -0.1) is 0 Å². The van der Waals surface area contributed by atoms with Gasteiger partial charge in [0.15, 0.2) is 0 Å². The number of anilines is 1. The van der Waals surface area contributed by atoms with Crippen molar-refractivity contribution in [3.63, 3.8) is 0 Å². The molecule has 1 saturated heterocycles. The van der Waals surface area contributed by atoms with E-state index in [0.717, 1.165) is 11.1 Å². The van der Waals surface area contributed by atoms with Gasteiger partial charge in [0, 0.05) is 54.3 Å². The number of carbonyl (C=O) groups is 4. The van der Waals surface area contributed by atoms with Crippen LogP contribution in [0.15, 0.2) is 48.5 Å². The highest BCUT2D eigenvalue weighted by atomic mass is 16.2. The molecule has 4 amide bonds. The topological polar surface area (TPSA) is 123 Å². The fourth-order valence-electron chi connectivity index (χ4n) is 5.40. The van der Waals surface area contributed by atoms with Gasteiger partial charge in [-0.2, -0.15) is 0 Å². The highest BCUT2D eigenvalue weighted by Crippen LogP contribution is 2.35. The third-order valence-electron chi connectivity index (χ3n) is 7.67. The van der Waals surface area contributed by atoms with Gasteiger partial charge in [0.05, 0.1) is 17.2 Å². The third-order valence-corrected chi connectivity index (χ3v) is 7.67. The Morgan fingerprint density at radius 3 is 2.52 bits per heavy atom. The van der Waals surface area contributed by atoms with E-state index in [2.05, 4.69) is 20.9 Å². The van der Waals surface area contributed by atoms with Crippen molar-refractivity contribution in [2.45, 2.75) is 46.2 Å². The van der Waals surface area contributed by atoms with Crippen LogP contribution in [0.4, 0.5) is 5.69 Å². The summed E-state index contributed by atoms with van der Waals surface area (Å²) in [6, 6.07) is 14.6. The second kappa shape index (κ2) is 10.8. The monoisotopic (exact) mass is 539 g/mol. The molecule has 1 aromatic heterocycles. The van der Waals surface area contributed by atoms with Crippen LogP contribution in [-0.2, 0) is 9.59 Å². The number of fused-ring (bicyclic) bond motifs is 1. The van der Waals surface area contributed by atoms with E-state index in [-0.39, 0.29) is 35.7 Å². The van der Waals surface area contributed by atoms with E-state index in [1.165, 1.54) is 6.92 Å². The normalized spacial score (nSPS) is 17.9. The Morgan fingerprint density at radius 1 is 1.07 bits per heavy atom. The first-order chi connectivity index (χ1) is 19.1. The molecule has 2 atom stereocenters. The van der Waals surface area contributed by atoms with Crippen LogP contribution in [0.3, 0.4) is 0 Å². The number of aryl methyl sites for hydroxylation is 1. The second-order valence-corrected chi connectivity index (χ2v) is 10.5. The van der Waals surface area contributed by atoms with Crippen molar-refractivity contribution in [3.8, 4) is 0 Å². The summed E-state index contributed by atoms with van der Waals surface area (Å²) >= 11 is 0. The summed E-state index contributed by atoms with van der Waals surface area (Å²) in [5.41, 5.74) is 5.66. The van der Waals surface area contributed by atoms with Crippen molar-refractivity contribution < 1.29 is 19.2 Å². The Kier molecular flexibility index (Phi) is 7.30. The van der Waals surface area contributed by atoms with Gasteiger partial charge >= 0.3 is 0 Å². The van der Waals surface area contributed by atoms with Crippen molar-refractivity contribution in [1.29, 1.82) is 0 Å². The van der Waals surface area contributed by atoms with E-state index in [1.807, 2.05) is 51.1 Å². The minimum absolute atomic E-state index is 0.00105. The predicted molar refractivity (Wildman–Crippen MR) is 154 cm³/mol. The lowest BCUT2D eigenvalue weighted by Crippen LogP contribution is -2.38. The maximum absolute atomic E-state index is 13.2. The molecule has 5 rings (SSSR count). The number of hydrogen-bond acceptors (Lipinski definition) is 4. The average molecular weight is 540 g/mol. The van der Waals surface area contributed by atoms with Crippen LogP contribution in [-0.4, -0.2) is 52.6 Å². The first kappa shape index (κ1) is 26.9. The molecule has 2 aromatic carbocycles. The number of nitrogens with zero attached hydrogens (tertiary/aromatic N) is 1. The van der Waals surface area contributed by atoms with Crippen LogP contribution in [0.25, 0.3) is 11.6 Å². The predicted octanol–water partition coefficient (Wildman–Crippen LogP) is 3.97. The Bertz CT molecular complexity index is 1540. The van der Waals surface area contributed by atoms with Gasteiger partial charge in [0.1, 0.15) is 0 Å². The van der Waals surface area contributed by atoms with E-state index < -0.39 is 0 Å². The molecular formula is C31H33N5O4. The quantitative estimate of drug-likeness (QED) is 0.354. The number of nitrogens with one attached hydrogen (secondary N) is 4. The fourth-order valence-corrected chi connectivity index (χ4v) is 5.40. The standard InChI is InChI=1S/C31H33N5O4/c1-17-27(32-19(3)28(17)31(40)34-23-12-13-36(16-23)20(4)37)15-25-24-14-22(10-11-26(24)35-30(25)39)29(38)33-18(2)21-8-6-5-7-9-21/h5-11,14-15,18,23,32H,12-13,16H2,1-4H3,(H,33,38)(H,34,40)(H,35,39)/b25-15-. The van der Waals surface area contributed by atoms with Crippen LogP contribution < -0.4 is 16.0 Å². The number of hydrogen-bond donors (Lipinski definition) is 4. The summed E-state index contributed by atoms with van der Waals surface area (Å²) in [4.78, 5) is 55.8. The van der Waals surface area contributed by atoms with E-state index in [1.54, 1.807) is 29.2 Å². The summed E-state index contributed by atoms with van der Waals surface area (Å²) < 4.78 is 0. The number of benzene rings is 2. The molecule has 9 nitrogen and oxygen atoms in total. The summed E-state index contributed by atoms with van der Waals surface area (Å²) in [6.07, 6.45) is 2.43. The smallest absolute Gasteiger partial charge is 0.256 e. The molecule has 3 aromatic rings. The summed E-state index contributed by atoms with van der Waals surface area (Å²) in [6.45, 7) is 8.23. The van der Waals surface area contributed by atoms with E-state index >= 15 is 0 Å². The zero-order valence-corrected chi connectivity index (χ0v) is 23.1. The third kappa shape index (κ3) is 5.27. The molecule has 9 heteroatoms. The van der Waals surface area contributed by atoms with Crippen LogP contribution in [0.1, 0.15) is 75.1 Å². The average Bonchev–Trinajstić information content (AvgIpc) is 3.60. The molecule has 0 radical (unpaired) electrons. The van der Waals surface area contributed by atoms with E-state index in [4.69, 9.17) is 0 Å². The molecule has 0 aliphatic carbocycles. The minimum Gasteiger partial charge on any atom is -0.358 e. The zero-order valence-electron chi connectivity index (χ0n) is 23.1. The Labute approximate surface area is 233 Å². The number of aromatic amines is 1. The fraction of sp³-hybridized carbons (Fsp3) is 0.290. The molecule has 3 heterocycles. The molecule has 2 aliphatic heterocycles. The van der Waals surface area contributed by atoms with Gasteiger partial charge < -0.3 is 25.8 Å². The number of rotatable bonds is 6. The first-order valence-corrected chi connectivity index (χ1v) is 13.4. The largest absolute Gasteiger partial charge is 0.358 e. The van der Waals surface area contributed by atoms with Crippen molar-refractivity contribution in [1.82, 2.24) is 20.5 Å². The Morgan fingerprint density at radius 2 is 1.82 bits per heavy atom. The molecule has 2 aliphatic rings. The molecule has 1 fully saturated rings. The van der Waals surface area contributed by atoms with Gasteiger partial charge in [-0.3, -0.25) is 19.2 Å². The first-order valence-electron chi connectivity index (χ1n) is 13.4. The Balaban J connectivity index is 1.37. The second-order valence-electron chi connectivity index (χ2n) is 10.5. The summed E-state index contributed by atoms with van der Waals surface area (Å²) in [5.74, 6) is -0.729. The van der Waals surface area contributed by atoms with Crippen LogP contribution in [0.2, 0.25) is 0 Å². The van der Waals surface area contributed by atoms with Gasteiger partial charge in [-0.1, -0.05) is 30.3 Å². The van der Waals surface area contributed by atoms with Gasteiger partial charge in [0.25, 0.3) is 17.7 Å². The number of amides is 4. The van der Waals surface area contributed by atoms with Crippen LogP contribution >= 0.6 is 0 Å². The molecule has 40 heavy (non-hydrogen) atoms. The highest BCUT2D eigenvalue weighted by Gasteiger charge is 2.29. The van der Waals surface area contributed by atoms with Gasteiger partial charge in [-0.05, 0) is 62.6 Å². The lowest BCUT2D eigenvalue weighted by Gasteiger charge is -2.15. The van der Waals surface area contributed by atoms with Crippen molar-refractivity contribution in [3.05, 3.63) is 87.7 Å². The number of likely N-dealkylation sites (tertiary alicyclic amines) is 1. The number of carbonyl (C=O) groups excluding carboxylic acids is 4. The maximum atomic E-state index is 13.2. The van der Waals surface area contributed by atoms with Crippen LogP contribution in [0, 0.1) is 13.8 Å². The van der Waals surface area contributed by atoms with Crippen molar-refractivity contribution in [2.75, 3.05) is 18.4 Å². The Hall–Kier alpha value is -4.66. The number of H-pyrrole nitrogens is 1. The van der Waals surface area contributed by atoms with Gasteiger partial charge in [0.2, 0.25) is 5.91 Å². The molecule has 4 N–H and O–H groups in total. The molecule has 0 bridgehead atoms. The zero-order chi connectivity index (χ0) is 28.6. The molecular weight excluding hydrogens is 506 g/mol. The molecule has 0 saturated carbocycles. The molecule has 0 spiro atoms. The number of aromatic nitrogens is 1. The SMILES string of the molecule is CC(=O)N1CCC(NC(=O)c2c(C)[nH]c(/C=C3\C(=O)Nc4ccc(C(=O)NC(C)c5ccccc5)cc43)c2C)C1. The van der Waals surface area contributed by atoms with Gasteiger partial charge in [-0.25, -0.2) is 0 Å². The highest BCUT2D eigenvalue weighted by molar-refractivity contribution is 6.35. The lowest BCUT2D eigenvalue weighted by atomic mass is 10.0. The van der Waals surface area contributed by atoms with Crippen LogP contribution in [0.5, 0.6) is 0 Å². The molecule has 2 unspecified atom stereocenters. The van der Waals surface area contributed by atoms with E-state index in [9.17, 15) is 19.2 Å². The minimum atomic E-state index is -0.279. The summed E-state index contributed by atoms with van der Waals surface area (Å²) in [5, 5.41) is 8.92. The lowest BCUT2D eigenvalue weighted by molar-refractivity contribution is -0.127. The maximum Gasteiger partial charge on any atom is 0.256 e. The van der Waals surface area contributed by atoms with E-state index in [0.29, 0.717) is 58.8 Å². The van der Waals surface area contributed by atoms with Crippen molar-refractivity contribution in [2.24, 2.45) is 0 Å².